The largest absolute Gasteiger partial charge is 0.493 e. The number of hydrogen-bond donors (Lipinski definition) is 1. The summed E-state index contributed by atoms with van der Waals surface area (Å²) >= 11 is 1.51. The zero-order valence-electron chi connectivity index (χ0n) is 18.3. The number of nitrogens with one attached hydrogen (secondary N) is 1. The van der Waals surface area contributed by atoms with E-state index in [0.29, 0.717) is 44.2 Å². The number of thiazole rings is 1. The van der Waals surface area contributed by atoms with E-state index >= 15 is 0 Å². The molecule has 8 nitrogen and oxygen atoms in total. The molecule has 1 N–H and O–H groups in total. The van der Waals surface area contributed by atoms with Crippen LogP contribution in [0.2, 0.25) is 0 Å². The topological polar surface area (TPSA) is 84.0 Å². The maximum atomic E-state index is 12.8. The van der Waals surface area contributed by atoms with E-state index in [0.717, 1.165) is 29.2 Å². The van der Waals surface area contributed by atoms with Crippen LogP contribution in [0.4, 0.5) is 0 Å². The van der Waals surface area contributed by atoms with Gasteiger partial charge >= 0.3 is 0 Å². The van der Waals surface area contributed by atoms with Gasteiger partial charge in [0, 0.05) is 43.7 Å². The van der Waals surface area contributed by atoms with Crippen LogP contribution in [-0.4, -0.2) is 80.1 Å². The summed E-state index contributed by atoms with van der Waals surface area (Å²) in [4.78, 5) is 33.3. The Balaban J connectivity index is 1.58. The summed E-state index contributed by atoms with van der Waals surface area (Å²) in [6.45, 7) is 5.79. The molecule has 1 aromatic carbocycles. The number of nitrogens with zero attached hydrogens (tertiary/aromatic N) is 3. The molecule has 0 saturated carbocycles. The Morgan fingerprint density at radius 2 is 1.94 bits per heavy atom. The Hall–Kier alpha value is -2.65. The van der Waals surface area contributed by atoms with Crippen LogP contribution in [0.15, 0.2) is 23.6 Å². The van der Waals surface area contributed by atoms with Crippen molar-refractivity contribution in [2.75, 3.05) is 53.5 Å². The Labute approximate surface area is 187 Å². The minimum Gasteiger partial charge on any atom is -0.493 e. The lowest BCUT2D eigenvalue weighted by Crippen LogP contribution is -2.40. The lowest BCUT2D eigenvalue weighted by atomic mass is 10.2. The zero-order chi connectivity index (χ0) is 22.2. The summed E-state index contributed by atoms with van der Waals surface area (Å²) in [5.41, 5.74) is 1.69. The fraction of sp³-hybridized carbons (Fsp3) is 0.500. The molecule has 31 heavy (non-hydrogen) atoms. The van der Waals surface area contributed by atoms with Crippen molar-refractivity contribution in [2.45, 2.75) is 19.8 Å². The summed E-state index contributed by atoms with van der Waals surface area (Å²) in [6.07, 6.45) is 1.14. The number of ether oxygens (including phenoxy) is 2. The fourth-order valence-electron chi connectivity index (χ4n) is 3.59. The van der Waals surface area contributed by atoms with E-state index in [1.54, 1.807) is 14.2 Å². The highest BCUT2D eigenvalue weighted by Gasteiger charge is 2.21. The Kier molecular flexibility index (Phi) is 8.25. The molecule has 0 spiro atoms. The van der Waals surface area contributed by atoms with Gasteiger partial charge in [-0.25, -0.2) is 4.98 Å². The first-order valence-corrected chi connectivity index (χ1v) is 11.4. The van der Waals surface area contributed by atoms with E-state index in [2.05, 4.69) is 15.2 Å². The molecule has 1 aromatic heterocycles. The van der Waals surface area contributed by atoms with Gasteiger partial charge in [-0.1, -0.05) is 0 Å². The van der Waals surface area contributed by atoms with Crippen molar-refractivity contribution in [2.24, 2.45) is 0 Å². The summed E-state index contributed by atoms with van der Waals surface area (Å²) < 4.78 is 10.7. The highest BCUT2D eigenvalue weighted by atomic mass is 32.1. The van der Waals surface area contributed by atoms with E-state index in [-0.39, 0.29) is 18.2 Å². The first-order valence-electron chi connectivity index (χ1n) is 10.5. The first kappa shape index (κ1) is 23.0. The molecule has 1 saturated heterocycles. The lowest BCUT2D eigenvalue weighted by Gasteiger charge is -2.21. The number of aromatic nitrogens is 1. The van der Waals surface area contributed by atoms with Crippen LogP contribution in [0.5, 0.6) is 11.5 Å². The predicted molar refractivity (Wildman–Crippen MR) is 121 cm³/mol. The van der Waals surface area contributed by atoms with Gasteiger partial charge in [0.2, 0.25) is 11.8 Å². The molecular weight excluding hydrogens is 416 g/mol. The maximum absolute atomic E-state index is 12.8. The third-order valence-electron chi connectivity index (χ3n) is 5.20. The van der Waals surface area contributed by atoms with E-state index in [4.69, 9.17) is 9.47 Å². The molecule has 1 aliphatic heterocycles. The van der Waals surface area contributed by atoms with Gasteiger partial charge in [-0.2, -0.15) is 0 Å². The maximum Gasteiger partial charge on any atom is 0.234 e. The Morgan fingerprint density at radius 1 is 1.13 bits per heavy atom. The normalized spacial score (nSPS) is 14.7. The lowest BCUT2D eigenvalue weighted by molar-refractivity contribution is -0.130. The zero-order valence-corrected chi connectivity index (χ0v) is 19.2. The molecule has 9 heteroatoms. The van der Waals surface area contributed by atoms with Crippen LogP contribution >= 0.6 is 11.3 Å². The standard InChI is InChI=1S/C22H30N4O4S/c1-4-23-20(27)14-25-8-5-9-26(11-10-25)21(28)13-17-15-31-22(24-17)16-6-7-18(29-2)19(12-16)30-3/h6-7,12,15H,4-5,8-11,13-14H2,1-3H3,(H,23,27). The molecule has 0 bridgehead atoms. The molecule has 0 unspecified atom stereocenters. The molecule has 2 heterocycles. The van der Waals surface area contributed by atoms with Crippen LogP contribution in [0.3, 0.4) is 0 Å². The van der Waals surface area contributed by atoms with Gasteiger partial charge in [-0.05, 0) is 31.5 Å². The van der Waals surface area contributed by atoms with Crippen molar-refractivity contribution in [3.63, 3.8) is 0 Å². The predicted octanol–water partition coefficient (Wildman–Crippen LogP) is 2.04. The Bertz CT molecular complexity index is 901. The summed E-state index contributed by atoms with van der Waals surface area (Å²) in [5, 5.41) is 5.60. The third kappa shape index (κ3) is 6.18. The van der Waals surface area contributed by atoms with Gasteiger partial charge < -0.3 is 19.7 Å². The number of methoxy groups -OCH3 is 2. The average Bonchev–Trinajstić information content (AvgIpc) is 3.11. The monoisotopic (exact) mass is 446 g/mol. The third-order valence-corrected chi connectivity index (χ3v) is 6.14. The van der Waals surface area contributed by atoms with E-state index in [1.807, 2.05) is 35.4 Å². The van der Waals surface area contributed by atoms with Crippen LogP contribution < -0.4 is 14.8 Å². The van der Waals surface area contributed by atoms with Crippen LogP contribution in [0.25, 0.3) is 10.6 Å². The van der Waals surface area contributed by atoms with E-state index in [1.165, 1.54) is 11.3 Å². The quantitative estimate of drug-likeness (QED) is 0.668. The number of rotatable bonds is 8. The molecule has 1 aliphatic rings. The van der Waals surface area contributed by atoms with Crippen molar-refractivity contribution in [1.29, 1.82) is 0 Å². The SMILES string of the molecule is CCNC(=O)CN1CCCN(C(=O)Cc2csc(-c3ccc(OC)c(OC)c3)n2)CC1. The van der Waals surface area contributed by atoms with E-state index in [9.17, 15) is 9.59 Å². The molecule has 3 rings (SSSR count). The second kappa shape index (κ2) is 11.1. The number of likely N-dealkylation sites (N-methyl/N-ethyl adjacent to an activating group) is 1. The summed E-state index contributed by atoms with van der Waals surface area (Å²) in [6, 6.07) is 5.68. The van der Waals surface area contributed by atoms with Crippen molar-refractivity contribution in [3.8, 4) is 22.1 Å². The molecule has 0 radical (unpaired) electrons. The van der Waals surface area contributed by atoms with Crippen LogP contribution in [-0.2, 0) is 16.0 Å². The fourth-order valence-corrected chi connectivity index (χ4v) is 4.41. The van der Waals surface area contributed by atoms with Crippen LogP contribution in [0, 0.1) is 0 Å². The Morgan fingerprint density at radius 3 is 2.68 bits per heavy atom. The van der Waals surface area contributed by atoms with Crippen molar-refractivity contribution >= 4 is 23.2 Å². The van der Waals surface area contributed by atoms with Gasteiger partial charge in [-0.15, -0.1) is 11.3 Å². The minimum atomic E-state index is 0.0347. The smallest absolute Gasteiger partial charge is 0.234 e. The number of amides is 2. The molecule has 0 atom stereocenters. The second-order valence-electron chi connectivity index (χ2n) is 7.35. The van der Waals surface area contributed by atoms with Gasteiger partial charge in [0.1, 0.15) is 5.01 Å². The van der Waals surface area contributed by atoms with Gasteiger partial charge in [0.15, 0.2) is 11.5 Å². The molecule has 0 aliphatic carbocycles. The molecular formula is C22H30N4O4S. The minimum absolute atomic E-state index is 0.0347. The van der Waals surface area contributed by atoms with Gasteiger partial charge in [0.25, 0.3) is 0 Å². The molecule has 2 amide bonds. The molecule has 2 aromatic rings. The van der Waals surface area contributed by atoms with E-state index < -0.39 is 0 Å². The van der Waals surface area contributed by atoms with Crippen molar-refractivity contribution < 1.29 is 19.1 Å². The number of benzene rings is 1. The molecule has 1 fully saturated rings. The number of carbonyl (C=O) groups is 2. The van der Waals surface area contributed by atoms with Gasteiger partial charge in [0.05, 0.1) is 32.9 Å². The molecule has 168 valence electrons. The van der Waals surface area contributed by atoms with Gasteiger partial charge in [-0.3, -0.25) is 14.5 Å². The summed E-state index contributed by atoms with van der Waals surface area (Å²) in [7, 11) is 3.21. The highest BCUT2D eigenvalue weighted by molar-refractivity contribution is 7.13. The summed E-state index contributed by atoms with van der Waals surface area (Å²) in [5.74, 6) is 1.42. The number of hydrogen-bond acceptors (Lipinski definition) is 7. The average molecular weight is 447 g/mol. The first-order chi connectivity index (χ1) is 15.0. The second-order valence-corrected chi connectivity index (χ2v) is 8.21. The number of carbonyl (C=O) groups excluding carboxylic acids is 2. The van der Waals surface area contributed by atoms with Crippen LogP contribution in [0.1, 0.15) is 19.0 Å². The van der Waals surface area contributed by atoms with Crippen molar-refractivity contribution in [1.82, 2.24) is 20.1 Å². The van der Waals surface area contributed by atoms with Crippen molar-refractivity contribution in [3.05, 3.63) is 29.3 Å². The highest BCUT2D eigenvalue weighted by Crippen LogP contribution is 2.33.